The highest BCUT2D eigenvalue weighted by Gasteiger charge is 2.38. The van der Waals surface area contributed by atoms with Crippen molar-refractivity contribution in [3.63, 3.8) is 0 Å². The Morgan fingerprint density at radius 2 is 2.06 bits per heavy atom. The van der Waals surface area contributed by atoms with Gasteiger partial charge in [-0.2, -0.15) is 0 Å². The Hall–Kier alpha value is -0.0800. The lowest BCUT2D eigenvalue weighted by atomic mass is 9.98. The van der Waals surface area contributed by atoms with E-state index in [1.54, 1.807) is 0 Å². The van der Waals surface area contributed by atoms with Crippen LogP contribution in [0, 0.1) is 5.92 Å². The Morgan fingerprint density at radius 1 is 1.25 bits per heavy atom. The van der Waals surface area contributed by atoms with Crippen LogP contribution in [0.2, 0.25) is 0 Å². The molecule has 0 spiro atoms. The highest BCUT2D eigenvalue weighted by atomic mass is 15.2. The molecular formula is C14H28N2. The molecule has 2 fully saturated rings. The summed E-state index contributed by atoms with van der Waals surface area (Å²) in [6.45, 7) is 9.48. The minimum absolute atomic E-state index is 0.777. The molecule has 0 bridgehead atoms. The van der Waals surface area contributed by atoms with E-state index >= 15 is 0 Å². The summed E-state index contributed by atoms with van der Waals surface area (Å²) in [6.07, 6.45) is 6.93. The largest absolute Gasteiger partial charge is 0.311 e. The molecule has 94 valence electrons. The first-order valence-electron chi connectivity index (χ1n) is 7.24. The fourth-order valence-corrected chi connectivity index (χ4v) is 3.29. The molecule has 1 saturated heterocycles. The van der Waals surface area contributed by atoms with Gasteiger partial charge in [-0.3, -0.25) is 0 Å². The maximum absolute atomic E-state index is 3.88. The molecule has 4 atom stereocenters. The first-order valence-corrected chi connectivity index (χ1v) is 7.24. The van der Waals surface area contributed by atoms with E-state index in [1.807, 2.05) is 0 Å². The lowest BCUT2D eigenvalue weighted by Gasteiger charge is -2.37. The third-order valence-electron chi connectivity index (χ3n) is 4.45. The molecule has 2 aliphatic rings. The van der Waals surface area contributed by atoms with E-state index in [0.717, 1.165) is 24.0 Å². The molecule has 0 radical (unpaired) electrons. The number of hydrogen-bond donors (Lipinski definition) is 1. The number of piperidine rings is 1. The van der Waals surface area contributed by atoms with Gasteiger partial charge in [0.05, 0.1) is 0 Å². The van der Waals surface area contributed by atoms with Crippen molar-refractivity contribution in [2.75, 3.05) is 13.1 Å². The minimum atomic E-state index is 0.777. The van der Waals surface area contributed by atoms with Crippen LogP contribution in [0.25, 0.3) is 0 Å². The Balaban J connectivity index is 1.69. The zero-order chi connectivity index (χ0) is 11.5. The van der Waals surface area contributed by atoms with Gasteiger partial charge in [0.25, 0.3) is 0 Å². The van der Waals surface area contributed by atoms with Crippen molar-refractivity contribution >= 4 is 0 Å². The summed E-state index contributed by atoms with van der Waals surface area (Å²) in [5.41, 5.74) is 0. The van der Waals surface area contributed by atoms with Crippen LogP contribution in [0.4, 0.5) is 0 Å². The summed E-state index contributed by atoms with van der Waals surface area (Å²) in [5.74, 6) is 1.00. The first kappa shape index (κ1) is 12.4. The van der Waals surface area contributed by atoms with Crippen LogP contribution in [-0.4, -0.2) is 36.1 Å². The standard InChI is InChI=1S/C14H28N2/c1-4-6-12-10-14(12)15-13-7-8-16(5-2)11(3)9-13/h11-15H,4-10H2,1-3H3. The number of rotatable bonds is 5. The summed E-state index contributed by atoms with van der Waals surface area (Å²) < 4.78 is 0. The zero-order valence-electron chi connectivity index (χ0n) is 11.2. The number of hydrogen-bond acceptors (Lipinski definition) is 2. The van der Waals surface area contributed by atoms with Gasteiger partial charge in [-0.25, -0.2) is 0 Å². The highest BCUT2D eigenvalue weighted by Crippen LogP contribution is 2.35. The molecule has 2 rings (SSSR count). The van der Waals surface area contributed by atoms with Crippen LogP contribution in [0.3, 0.4) is 0 Å². The lowest BCUT2D eigenvalue weighted by Crippen LogP contribution is -2.47. The average Bonchev–Trinajstić information content (AvgIpc) is 2.97. The zero-order valence-corrected chi connectivity index (χ0v) is 11.2. The van der Waals surface area contributed by atoms with E-state index in [-0.39, 0.29) is 0 Å². The third kappa shape index (κ3) is 2.98. The summed E-state index contributed by atoms with van der Waals surface area (Å²) >= 11 is 0. The summed E-state index contributed by atoms with van der Waals surface area (Å²) in [4.78, 5) is 2.61. The summed E-state index contributed by atoms with van der Waals surface area (Å²) in [7, 11) is 0. The maximum Gasteiger partial charge on any atom is 0.0102 e. The van der Waals surface area contributed by atoms with E-state index in [9.17, 15) is 0 Å². The summed E-state index contributed by atoms with van der Waals surface area (Å²) in [6, 6.07) is 2.44. The van der Waals surface area contributed by atoms with Crippen LogP contribution in [0.5, 0.6) is 0 Å². The molecule has 2 nitrogen and oxygen atoms in total. The van der Waals surface area contributed by atoms with Crippen molar-refractivity contribution in [1.82, 2.24) is 10.2 Å². The second-order valence-corrected chi connectivity index (χ2v) is 5.76. The summed E-state index contributed by atoms with van der Waals surface area (Å²) in [5, 5.41) is 3.88. The third-order valence-corrected chi connectivity index (χ3v) is 4.45. The van der Waals surface area contributed by atoms with Gasteiger partial charge in [0, 0.05) is 18.1 Å². The predicted molar refractivity (Wildman–Crippen MR) is 69.7 cm³/mol. The molecule has 1 aliphatic heterocycles. The molecule has 1 N–H and O–H groups in total. The van der Waals surface area contributed by atoms with Crippen molar-refractivity contribution in [3.8, 4) is 0 Å². The Morgan fingerprint density at radius 3 is 2.69 bits per heavy atom. The fraction of sp³-hybridized carbons (Fsp3) is 1.00. The van der Waals surface area contributed by atoms with Gasteiger partial charge in [0.15, 0.2) is 0 Å². The van der Waals surface area contributed by atoms with Gasteiger partial charge in [-0.1, -0.05) is 20.3 Å². The van der Waals surface area contributed by atoms with Crippen molar-refractivity contribution in [1.29, 1.82) is 0 Å². The molecule has 1 heterocycles. The van der Waals surface area contributed by atoms with Gasteiger partial charge in [0.2, 0.25) is 0 Å². The molecule has 0 amide bonds. The van der Waals surface area contributed by atoms with E-state index in [4.69, 9.17) is 0 Å². The fourth-order valence-electron chi connectivity index (χ4n) is 3.29. The quantitative estimate of drug-likeness (QED) is 0.772. The predicted octanol–water partition coefficient (Wildman–Crippen LogP) is 2.64. The number of nitrogens with zero attached hydrogens (tertiary/aromatic N) is 1. The number of nitrogens with one attached hydrogen (secondary N) is 1. The Labute approximate surface area is 101 Å². The van der Waals surface area contributed by atoms with E-state index in [1.165, 1.54) is 45.2 Å². The molecule has 0 aromatic rings. The van der Waals surface area contributed by atoms with Crippen LogP contribution < -0.4 is 5.32 Å². The van der Waals surface area contributed by atoms with Gasteiger partial charge >= 0.3 is 0 Å². The highest BCUT2D eigenvalue weighted by molar-refractivity contribution is 4.96. The van der Waals surface area contributed by atoms with Gasteiger partial charge in [-0.05, 0) is 51.6 Å². The second kappa shape index (κ2) is 5.50. The maximum atomic E-state index is 3.88. The molecular weight excluding hydrogens is 196 g/mol. The minimum Gasteiger partial charge on any atom is -0.311 e. The smallest absolute Gasteiger partial charge is 0.0102 e. The van der Waals surface area contributed by atoms with E-state index in [2.05, 4.69) is 31.0 Å². The van der Waals surface area contributed by atoms with E-state index in [0.29, 0.717) is 0 Å². The van der Waals surface area contributed by atoms with Crippen molar-refractivity contribution in [3.05, 3.63) is 0 Å². The average molecular weight is 224 g/mol. The molecule has 0 aromatic heterocycles. The topological polar surface area (TPSA) is 15.3 Å². The molecule has 2 heteroatoms. The molecule has 4 unspecified atom stereocenters. The monoisotopic (exact) mass is 224 g/mol. The lowest BCUT2D eigenvalue weighted by molar-refractivity contribution is 0.142. The van der Waals surface area contributed by atoms with Crippen molar-refractivity contribution < 1.29 is 0 Å². The first-order chi connectivity index (χ1) is 7.74. The molecule has 1 aliphatic carbocycles. The van der Waals surface area contributed by atoms with Crippen molar-refractivity contribution in [2.24, 2.45) is 5.92 Å². The van der Waals surface area contributed by atoms with Crippen LogP contribution in [0.1, 0.15) is 52.9 Å². The van der Waals surface area contributed by atoms with E-state index < -0.39 is 0 Å². The van der Waals surface area contributed by atoms with Gasteiger partial charge in [0.1, 0.15) is 0 Å². The SMILES string of the molecule is CCCC1CC1NC1CCN(CC)C(C)C1. The van der Waals surface area contributed by atoms with Crippen LogP contribution >= 0.6 is 0 Å². The Bertz CT molecular complexity index is 217. The second-order valence-electron chi connectivity index (χ2n) is 5.76. The van der Waals surface area contributed by atoms with Gasteiger partial charge < -0.3 is 10.2 Å². The molecule has 16 heavy (non-hydrogen) atoms. The Kier molecular flexibility index (Phi) is 4.26. The van der Waals surface area contributed by atoms with Crippen molar-refractivity contribution in [2.45, 2.75) is 71.0 Å². The van der Waals surface area contributed by atoms with Crippen LogP contribution in [0.15, 0.2) is 0 Å². The molecule has 0 aromatic carbocycles. The normalized spacial score (nSPS) is 39.9. The molecule has 1 saturated carbocycles. The van der Waals surface area contributed by atoms with Crippen LogP contribution in [-0.2, 0) is 0 Å². The number of likely N-dealkylation sites (tertiary alicyclic amines) is 1. The van der Waals surface area contributed by atoms with Gasteiger partial charge in [-0.15, -0.1) is 0 Å².